The van der Waals surface area contributed by atoms with Crippen molar-refractivity contribution >= 4 is 21.6 Å². The Balaban J connectivity index is 1.83. The summed E-state index contributed by atoms with van der Waals surface area (Å²) in [5, 5.41) is 4.87. The minimum absolute atomic E-state index is 0.104. The molecule has 1 unspecified atom stereocenters. The largest absolute Gasteiger partial charge is 0.486 e. The summed E-state index contributed by atoms with van der Waals surface area (Å²) in [4.78, 5) is 16.7. The summed E-state index contributed by atoms with van der Waals surface area (Å²) in [5.74, 6) is 1.42. The molecule has 33 heavy (non-hydrogen) atoms. The van der Waals surface area contributed by atoms with E-state index in [0.29, 0.717) is 49.6 Å². The van der Waals surface area contributed by atoms with Crippen LogP contribution in [-0.4, -0.2) is 70.4 Å². The van der Waals surface area contributed by atoms with Gasteiger partial charge >= 0.3 is 5.95 Å². The normalized spacial score (nSPS) is 22.5. The highest BCUT2D eigenvalue weighted by atomic mass is 32.2. The summed E-state index contributed by atoms with van der Waals surface area (Å²) < 4.78 is 38.2. The van der Waals surface area contributed by atoms with Gasteiger partial charge in [0.1, 0.15) is 15.5 Å². The topological polar surface area (TPSA) is 109 Å². The summed E-state index contributed by atoms with van der Waals surface area (Å²) in [6, 6.07) is 7.87. The number of anilines is 1. The molecule has 0 saturated carbocycles. The lowest BCUT2D eigenvalue weighted by molar-refractivity contribution is 0.0894. The molecule has 3 aliphatic heterocycles. The number of aromatic nitrogens is 2. The minimum atomic E-state index is -3.52. The zero-order valence-corrected chi connectivity index (χ0v) is 20.1. The third kappa shape index (κ3) is 3.58. The van der Waals surface area contributed by atoms with Crippen molar-refractivity contribution in [3.63, 3.8) is 0 Å². The molecule has 0 aliphatic carbocycles. The van der Waals surface area contributed by atoms with Crippen LogP contribution >= 0.6 is 0 Å². The van der Waals surface area contributed by atoms with Crippen molar-refractivity contribution in [2.45, 2.75) is 37.3 Å². The third-order valence-electron chi connectivity index (χ3n) is 6.65. The number of rotatable bonds is 4. The van der Waals surface area contributed by atoms with Gasteiger partial charge in [0.05, 0.1) is 25.9 Å². The average Bonchev–Trinajstić information content (AvgIpc) is 3.06. The van der Waals surface area contributed by atoms with Crippen molar-refractivity contribution in [1.82, 2.24) is 19.9 Å². The highest BCUT2D eigenvalue weighted by Crippen LogP contribution is 2.42. The van der Waals surface area contributed by atoms with E-state index in [-0.39, 0.29) is 6.04 Å². The van der Waals surface area contributed by atoms with Crippen LogP contribution in [0.5, 0.6) is 5.75 Å². The summed E-state index contributed by atoms with van der Waals surface area (Å²) in [6.45, 7) is 5.56. The molecular weight excluding hydrogens is 444 g/mol. The van der Waals surface area contributed by atoms with Crippen LogP contribution in [-0.2, 0) is 19.3 Å². The van der Waals surface area contributed by atoms with Gasteiger partial charge in [0.25, 0.3) is 5.82 Å². The summed E-state index contributed by atoms with van der Waals surface area (Å²) in [7, 11) is -1.70. The Morgan fingerprint density at radius 1 is 1.21 bits per heavy atom. The molecule has 1 saturated heterocycles. The number of hydrogen-bond donors (Lipinski definition) is 1. The molecule has 1 N–H and O–H groups in total. The molecule has 1 aromatic heterocycles. The van der Waals surface area contributed by atoms with Crippen molar-refractivity contribution in [2.24, 2.45) is 4.99 Å². The Hall–Kier alpha value is -2.63. The fourth-order valence-electron chi connectivity index (χ4n) is 4.42. The monoisotopic (exact) mass is 473 g/mol. The molecule has 10 nitrogen and oxygen atoms in total. The standard InChI is InChI=1S/C22H29N6O4S/c1-22(2,33(4,29)30)18-17-19(27-10-12-31-13-14(27)9-11-32-17)26-21(25-18)28-16-8-6-5-7-15(16)24-20(28)23-3/h5-8,14,20,23H,9-13H2,1-4H3/q+1/t14-,20?/m1/s1. The smallest absolute Gasteiger partial charge is 0.438 e. The molecule has 5 rings (SSSR count). The Labute approximate surface area is 192 Å². The molecule has 1 aromatic carbocycles. The van der Waals surface area contributed by atoms with Gasteiger partial charge in [-0.25, -0.2) is 13.4 Å². The van der Waals surface area contributed by atoms with Crippen LogP contribution in [0.25, 0.3) is 0 Å². The predicted octanol–water partition coefficient (Wildman–Crippen LogP) is -0.297. The van der Waals surface area contributed by atoms with Gasteiger partial charge in [-0.3, -0.25) is 5.32 Å². The molecule has 11 heteroatoms. The summed E-state index contributed by atoms with van der Waals surface area (Å²) >= 11 is 0. The van der Waals surface area contributed by atoms with Crippen molar-refractivity contribution < 1.29 is 17.9 Å². The number of para-hydroxylation sites is 2. The summed E-state index contributed by atoms with van der Waals surface area (Å²) in [5.41, 5.74) is 0.358. The van der Waals surface area contributed by atoms with Crippen LogP contribution in [0.2, 0.25) is 0 Å². The van der Waals surface area contributed by atoms with Crippen LogP contribution in [0.15, 0.2) is 29.3 Å². The Morgan fingerprint density at radius 2 is 2.00 bits per heavy atom. The molecule has 0 spiro atoms. The Morgan fingerprint density at radius 3 is 2.76 bits per heavy atom. The van der Waals surface area contributed by atoms with Gasteiger partial charge in [-0.15, -0.1) is 0 Å². The molecule has 4 heterocycles. The van der Waals surface area contributed by atoms with E-state index in [9.17, 15) is 8.42 Å². The first-order valence-corrected chi connectivity index (χ1v) is 13.0. The molecule has 0 radical (unpaired) electrons. The van der Waals surface area contributed by atoms with E-state index in [1.165, 1.54) is 6.26 Å². The first kappa shape index (κ1) is 22.2. The zero-order chi connectivity index (χ0) is 23.4. The lowest BCUT2D eigenvalue weighted by Gasteiger charge is -2.34. The number of hydrogen-bond acceptors (Lipinski definition) is 9. The number of fused-ring (bicyclic) bond motifs is 4. The quantitative estimate of drug-likeness (QED) is 0.603. The van der Waals surface area contributed by atoms with Gasteiger partial charge in [0.2, 0.25) is 12.0 Å². The van der Waals surface area contributed by atoms with Crippen LogP contribution < -0.4 is 30.2 Å². The van der Waals surface area contributed by atoms with Crippen molar-refractivity contribution in [3.05, 3.63) is 40.7 Å². The van der Waals surface area contributed by atoms with Crippen LogP contribution in [0, 0.1) is 0 Å². The number of nitrogens with one attached hydrogen (secondary N) is 1. The Bertz CT molecular complexity index is 1330. The van der Waals surface area contributed by atoms with E-state index >= 15 is 0 Å². The first-order chi connectivity index (χ1) is 15.7. The molecule has 3 aliphatic rings. The van der Waals surface area contributed by atoms with Crippen molar-refractivity contribution in [1.29, 1.82) is 0 Å². The second kappa shape index (κ2) is 8.00. The lowest BCUT2D eigenvalue weighted by Crippen LogP contribution is -2.46. The predicted molar refractivity (Wildman–Crippen MR) is 123 cm³/mol. The van der Waals surface area contributed by atoms with Gasteiger partial charge in [-0.2, -0.15) is 4.58 Å². The van der Waals surface area contributed by atoms with E-state index in [4.69, 9.17) is 24.4 Å². The SMILES string of the molecule is CNC1N=c2ccccc2=[N+]1c1nc2c(c(C(C)(C)S(C)(=O)=O)n1)OCC[C@@H]1COCCN21. The molecule has 176 valence electrons. The average molecular weight is 474 g/mol. The number of ether oxygens (including phenoxy) is 2. The van der Waals surface area contributed by atoms with E-state index in [1.54, 1.807) is 13.8 Å². The lowest BCUT2D eigenvalue weighted by atomic mass is 10.1. The number of sulfone groups is 1. The fraction of sp³-hybridized carbons (Fsp3) is 0.545. The maximum Gasteiger partial charge on any atom is 0.438 e. The maximum absolute atomic E-state index is 12.9. The molecule has 2 atom stereocenters. The maximum atomic E-state index is 12.9. The Kier molecular flexibility index (Phi) is 5.37. The van der Waals surface area contributed by atoms with Crippen LogP contribution in [0.1, 0.15) is 26.0 Å². The van der Waals surface area contributed by atoms with E-state index in [2.05, 4.69) is 10.2 Å². The fourth-order valence-corrected chi connectivity index (χ4v) is 4.91. The van der Waals surface area contributed by atoms with Crippen LogP contribution in [0.3, 0.4) is 0 Å². The van der Waals surface area contributed by atoms with Gasteiger partial charge in [0, 0.05) is 19.2 Å². The molecule has 2 aromatic rings. The van der Waals surface area contributed by atoms with E-state index < -0.39 is 20.9 Å². The van der Waals surface area contributed by atoms with Gasteiger partial charge in [-0.1, -0.05) is 17.1 Å². The number of benzene rings is 1. The van der Waals surface area contributed by atoms with Gasteiger partial charge in [0.15, 0.2) is 15.5 Å². The van der Waals surface area contributed by atoms with Gasteiger partial charge < -0.3 is 14.4 Å². The second-order valence-electron chi connectivity index (χ2n) is 9.02. The van der Waals surface area contributed by atoms with E-state index in [1.807, 2.05) is 35.9 Å². The number of morpholine rings is 1. The first-order valence-electron chi connectivity index (χ1n) is 11.1. The van der Waals surface area contributed by atoms with Crippen molar-refractivity contribution in [3.8, 4) is 5.75 Å². The van der Waals surface area contributed by atoms with Crippen molar-refractivity contribution in [2.75, 3.05) is 44.6 Å². The number of nitrogens with zero attached hydrogens (tertiary/aromatic N) is 5. The second-order valence-corrected chi connectivity index (χ2v) is 11.6. The van der Waals surface area contributed by atoms with Gasteiger partial charge in [-0.05, 0) is 38.0 Å². The van der Waals surface area contributed by atoms with E-state index in [0.717, 1.165) is 17.1 Å². The third-order valence-corrected chi connectivity index (χ3v) is 8.70. The molecular formula is C22H29N6O4S+. The highest BCUT2D eigenvalue weighted by Gasteiger charge is 2.46. The van der Waals surface area contributed by atoms with Crippen LogP contribution in [0.4, 0.5) is 11.8 Å². The molecule has 0 amide bonds. The zero-order valence-electron chi connectivity index (χ0n) is 19.3. The molecule has 0 bridgehead atoms. The molecule has 1 fully saturated rings. The highest BCUT2D eigenvalue weighted by molar-refractivity contribution is 7.91. The summed E-state index contributed by atoms with van der Waals surface area (Å²) in [6.07, 6.45) is 1.57. The minimum Gasteiger partial charge on any atom is -0.486 e.